The van der Waals surface area contributed by atoms with E-state index in [1.807, 2.05) is 18.2 Å². The predicted molar refractivity (Wildman–Crippen MR) is 65.1 cm³/mol. The number of methoxy groups -OCH3 is 1. The molecule has 1 aromatic heterocycles. The molecule has 4 heteroatoms. The number of hydrogen-bond acceptors (Lipinski definition) is 4. The van der Waals surface area contributed by atoms with E-state index in [4.69, 9.17) is 4.74 Å². The van der Waals surface area contributed by atoms with Gasteiger partial charge in [0, 0.05) is 32.2 Å². The third-order valence-electron chi connectivity index (χ3n) is 3.06. The Labute approximate surface area is 96.8 Å². The van der Waals surface area contributed by atoms with Crippen molar-refractivity contribution in [1.82, 2.24) is 9.88 Å². The molecule has 0 amide bonds. The minimum Gasteiger partial charge on any atom is -0.481 e. The van der Waals surface area contributed by atoms with Crippen molar-refractivity contribution in [3.63, 3.8) is 0 Å². The SMILES string of the molecule is CCN1CCN(c2cccc(OC)n2)CC1. The summed E-state index contributed by atoms with van der Waals surface area (Å²) in [6.45, 7) is 7.69. The van der Waals surface area contributed by atoms with Gasteiger partial charge in [0.15, 0.2) is 0 Å². The van der Waals surface area contributed by atoms with Gasteiger partial charge in [0.2, 0.25) is 5.88 Å². The summed E-state index contributed by atoms with van der Waals surface area (Å²) < 4.78 is 5.14. The van der Waals surface area contributed by atoms with Crippen molar-refractivity contribution >= 4 is 5.82 Å². The second-order valence-corrected chi connectivity index (χ2v) is 3.96. The summed E-state index contributed by atoms with van der Waals surface area (Å²) in [5, 5.41) is 0. The Kier molecular flexibility index (Phi) is 3.62. The molecule has 0 unspecified atom stereocenters. The average Bonchev–Trinajstić information content (AvgIpc) is 2.39. The first-order chi connectivity index (χ1) is 7.83. The summed E-state index contributed by atoms with van der Waals surface area (Å²) in [5.74, 6) is 1.71. The van der Waals surface area contributed by atoms with Crippen molar-refractivity contribution < 1.29 is 4.74 Å². The quantitative estimate of drug-likeness (QED) is 0.767. The summed E-state index contributed by atoms with van der Waals surface area (Å²) in [7, 11) is 1.65. The van der Waals surface area contributed by atoms with Crippen LogP contribution in [0, 0.1) is 0 Å². The third kappa shape index (κ3) is 2.44. The maximum absolute atomic E-state index is 5.14. The van der Waals surface area contributed by atoms with Crippen LogP contribution in [0.2, 0.25) is 0 Å². The Morgan fingerprint density at radius 3 is 2.62 bits per heavy atom. The second-order valence-electron chi connectivity index (χ2n) is 3.96. The zero-order chi connectivity index (χ0) is 11.4. The number of hydrogen-bond donors (Lipinski definition) is 0. The number of pyridine rings is 1. The zero-order valence-electron chi connectivity index (χ0n) is 10.0. The second kappa shape index (κ2) is 5.16. The lowest BCUT2D eigenvalue weighted by Gasteiger charge is -2.34. The average molecular weight is 221 g/mol. The molecule has 0 N–H and O–H groups in total. The summed E-state index contributed by atoms with van der Waals surface area (Å²) in [5.41, 5.74) is 0. The first kappa shape index (κ1) is 11.2. The highest BCUT2D eigenvalue weighted by Gasteiger charge is 2.16. The van der Waals surface area contributed by atoms with Crippen LogP contribution in [0.3, 0.4) is 0 Å². The number of piperazine rings is 1. The van der Waals surface area contributed by atoms with Crippen LogP contribution in [0.4, 0.5) is 5.82 Å². The fourth-order valence-electron chi connectivity index (χ4n) is 1.99. The third-order valence-corrected chi connectivity index (χ3v) is 3.06. The molecule has 0 saturated carbocycles. The van der Waals surface area contributed by atoms with E-state index in [-0.39, 0.29) is 0 Å². The van der Waals surface area contributed by atoms with Crippen molar-refractivity contribution in [3.8, 4) is 5.88 Å². The van der Waals surface area contributed by atoms with Crippen molar-refractivity contribution in [1.29, 1.82) is 0 Å². The summed E-state index contributed by atoms with van der Waals surface area (Å²) >= 11 is 0. The lowest BCUT2D eigenvalue weighted by Crippen LogP contribution is -2.46. The summed E-state index contributed by atoms with van der Waals surface area (Å²) in [6.07, 6.45) is 0. The molecule has 0 aliphatic carbocycles. The van der Waals surface area contributed by atoms with Gasteiger partial charge in [0.1, 0.15) is 5.82 Å². The van der Waals surface area contributed by atoms with E-state index in [0.717, 1.165) is 38.5 Å². The van der Waals surface area contributed by atoms with E-state index in [0.29, 0.717) is 5.88 Å². The van der Waals surface area contributed by atoms with Crippen LogP contribution in [0.25, 0.3) is 0 Å². The molecule has 0 spiro atoms. The topological polar surface area (TPSA) is 28.6 Å². The van der Waals surface area contributed by atoms with Crippen LogP contribution in [-0.2, 0) is 0 Å². The van der Waals surface area contributed by atoms with Gasteiger partial charge in [0.25, 0.3) is 0 Å². The van der Waals surface area contributed by atoms with E-state index in [2.05, 4.69) is 21.7 Å². The van der Waals surface area contributed by atoms with E-state index in [1.165, 1.54) is 0 Å². The number of rotatable bonds is 3. The molecule has 0 bridgehead atoms. The summed E-state index contributed by atoms with van der Waals surface area (Å²) in [4.78, 5) is 9.22. The van der Waals surface area contributed by atoms with Crippen LogP contribution in [0.15, 0.2) is 18.2 Å². The lowest BCUT2D eigenvalue weighted by atomic mass is 10.3. The van der Waals surface area contributed by atoms with Gasteiger partial charge in [0.05, 0.1) is 7.11 Å². The Morgan fingerprint density at radius 1 is 1.25 bits per heavy atom. The van der Waals surface area contributed by atoms with Crippen LogP contribution >= 0.6 is 0 Å². The maximum atomic E-state index is 5.14. The first-order valence-electron chi connectivity index (χ1n) is 5.82. The number of anilines is 1. The monoisotopic (exact) mass is 221 g/mol. The molecular formula is C12H19N3O. The minimum absolute atomic E-state index is 0.690. The molecule has 1 aliphatic heterocycles. The molecule has 1 aromatic rings. The van der Waals surface area contributed by atoms with Gasteiger partial charge in [-0.3, -0.25) is 0 Å². The van der Waals surface area contributed by atoms with Gasteiger partial charge in [-0.1, -0.05) is 13.0 Å². The Balaban J connectivity index is 2.02. The van der Waals surface area contributed by atoms with E-state index in [9.17, 15) is 0 Å². The largest absolute Gasteiger partial charge is 0.481 e. The van der Waals surface area contributed by atoms with Crippen LogP contribution in [-0.4, -0.2) is 49.7 Å². The van der Waals surface area contributed by atoms with Crippen molar-refractivity contribution in [3.05, 3.63) is 18.2 Å². The van der Waals surface area contributed by atoms with Crippen LogP contribution in [0.1, 0.15) is 6.92 Å². The summed E-state index contributed by atoms with van der Waals surface area (Å²) in [6, 6.07) is 5.92. The van der Waals surface area contributed by atoms with Crippen molar-refractivity contribution in [2.45, 2.75) is 6.92 Å². The molecule has 1 aliphatic rings. The molecule has 2 rings (SSSR count). The minimum atomic E-state index is 0.690. The maximum Gasteiger partial charge on any atom is 0.214 e. The fraction of sp³-hybridized carbons (Fsp3) is 0.583. The van der Waals surface area contributed by atoms with Gasteiger partial charge in [-0.15, -0.1) is 0 Å². The number of aromatic nitrogens is 1. The van der Waals surface area contributed by atoms with E-state index in [1.54, 1.807) is 7.11 Å². The number of likely N-dealkylation sites (N-methyl/N-ethyl adjacent to an activating group) is 1. The van der Waals surface area contributed by atoms with Gasteiger partial charge in [-0.05, 0) is 12.6 Å². The van der Waals surface area contributed by atoms with Crippen LogP contribution < -0.4 is 9.64 Å². The molecule has 2 heterocycles. The molecule has 16 heavy (non-hydrogen) atoms. The van der Waals surface area contributed by atoms with Crippen molar-refractivity contribution in [2.75, 3.05) is 44.7 Å². The molecule has 0 atom stereocenters. The molecule has 4 nitrogen and oxygen atoms in total. The van der Waals surface area contributed by atoms with E-state index < -0.39 is 0 Å². The zero-order valence-corrected chi connectivity index (χ0v) is 10.0. The van der Waals surface area contributed by atoms with E-state index >= 15 is 0 Å². The predicted octanol–water partition coefficient (Wildman–Crippen LogP) is 1.23. The standard InChI is InChI=1S/C12H19N3O/c1-3-14-7-9-15(10-8-14)11-5-4-6-12(13-11)16-2/h4-6H,3,7-10H2,1-2H3. The van der Waals surface area contributed by atoms with Crippen LogP contribution in [0.5, 0.6) is 5.88 Å². The Hall–Kier alpha value is -1.29. The van der Waals surface area contributed by atoms with Gasteiger partial charge >= 0.3 is 0 Å². The van der Waals surface area contributed by atoms with Gasteiger partial charge in [-0.2, -0.15) is 4.98 Å². The molecule has 0 radical (unpaired) electrons. The molecule has 88 valence electrons. The first-order valence-corrected chi connectivity index (χ1v) is 5.82. The lowest BCUT2D eigenvalue weighted by molar-refractivity contribution is 0.270. The highest BCUT2D eigenvalue weighted by atomic mass is 16.5. The fourth-order valence-corrected chi connectivity index (χ4v) is 1.99. The Morgan fingerprint density at radius 2 is 2.00 bits per heavy atom. The molecule has 0 aromatic carbocycles. The molecule has 1 saturated heterocycles. The van der Waals surface area contributed by atoms with Gasteiger partial charge < -0.3 is 14.5 Å². The molecular weight excluding hydrogens is 202 g/mol. The highest BCUT2D eigenvalue weighted by Crippen LogP contribution is 2.17. The normalized spacial score (nSPS) is 17.5. The van der Waals surface area contributed by atoms with Gasteiger partial charge in [-0.25, -0.2) is 0 Å². The molecule has 1 fully saturated rings. The smallest absolute Gasteiger partial charge is 0.214 e. The number of nitrogens with zero attached hydrogens (tertiary/aromatic N) is 3. The van der Waals surface area contributed by atoms with Crippen molar-refractivity contribution in [2.24, 2.45) is 0 Å². The Bertz CT molecular complexity index is 335. The number of ether oxygens (including phenoxy) is 1. The highest BCUT2D eigenvalue weighted by molar-refractivity contribution is 5.41.